The molecule has 0 spiro atoms. The zero-order valence-corrected chi connectivity index (χ0v) is 12.6. The second-order valence-corrected chi connectivity index (χ2v) is 6.53. The lowest BCUT2D eigenvalue weighted by Gasteiger charge is -2.26. The molecule has 0 amide bonds. The molecular weight excluding hydrogens is 246 g/mol. The van der Waals surface area contributed by atoms with Crippen LogP contribution in [0.15, 0.2) is 18.2 Å². The van der Waals surface area contributed by atoms with Gasteiger partial charge in [0.05, 0.1) is 11.0 Å². The summed E-state index contributed by atoms with van der Waals surface area (Å²) in [5.74, 6) is 2.45. The molecular formula is C17H25N3. The summed E-state index contributed by atoms with van der Waals surface area (Å²) in [6.07, 6.45) is 6.78. The molecule has 1 aromatic heterocycles. The first-order valence-electron chi connectivity index (χ1n) is 7.86. The highest BCUT2D eigenvalue weighted by Crippen LogP contribution is 2.31. The van der Waals surface area contributed by atoms with Crippen molar-refractivity contribution in [2.45, 2.75) is 52.5 Å². The number of imidazole rings is 1. The minimum atomic E-state index is 0.662. The third-order valence-corrected chi connectivity index (χ3v) is 4.83. The molecule has 108 valence electrons. The summed E-state index contributed by atoms with van der Waals surface area (Å²) >= 11 is 0. The van der Waals surface area contributed by atoms with Gasteiger partial charge in [-0.05, 0) is 42.9 Å². The molecule has 1 aliphatic rings. The van der Waals surface area contributed by atoms with E-state index in [-0.39, 0.29) is 0 Å². The monoisotopic (exact) mass is 271 g/mol. The molecule has 3 heteroatoms. The summed E-state index contributed by atoms with van der Waals surface area (Å²) in [5, 5.41) is 0. The number of nitrogens with zero attached hydrogens (tertiary/aromatic N) is 2. The van der Waals surface area contributed by atoms with Crippen LogP contribution >= 0.6 is 0 Å². The van der Waals surface area contributed by atoms with Crippen molar-refractivity contribution in [2.24, 2.45) is 11.8 Å². The highest BCUT2D eigenvalue weighted by molar-refractivity contribution is 5.79. The Morgan fingerprint density at radius 1 is 1.25 bits per heavy atom. The lowest BCUT2D eigenvalue weighted by atomic mass is 9.81. The number of rotatable bonds is 3. The van der Waals surface area contributed by atoms with E-state index in [9.17, 15) is 0 Å². The molecule has 1 fully saturated rings. The van der Waals surface area contributed by atoms with E-state index >= 15 is 0 Å². The molecule has 2 N–H and O–H groups in total. The fourth-order valence-corrected chi connectivity index (χ4v) is 3.42. The van der Waals surface area contributed by atoms with Crippen LogP contribution in [0.4, 0.5) is 5.95 Å². The summed E-state index contributed by atoms with van der Waals surface area (Å²) in [5.41, 5.74) is 9.57. The van der Waals surface area contributed by atoms with E-state index in [4.69, 9.17) is 5.73 Å². The molecule has 3 rings (SSSR count). The summed E-state index contributed by atoms with van der Waals surface area (Å²) < 4.78 is 2.19. The lowest BCUT2D eigenvalue weighted by molar-refractivity contribution is 0.270. The van der Waals surface area contributed by atoms with Crippen LogP contribution in [-0.4, -0.2) is 9.55 Å². The summed E-state index contributed by atoms with van der Waals surface area (Å²) in [6, 6.07) is 6.36. The average Bonchev–Trinajstić information content (AvgIpc) is 2.73. The highest BCUT2D eigenvalue weighted by atomic mass is 15.1. The zero-order valence-electron chi connectivity index (χ0n) is 12.6. The van der Waals surface area contributed by atoms with E-state index in [2.05, 4.69) is 41.6 Å². The zero-order chi connectivity index (χ0) is 14.1. The second kappa shape index (κ2) is 5.47. The maximum atomic E-state index is 6.09. The van der Waals surface area contributed by atoms with Gasteiger partial charge in [0.1, 0.15) is 0 Å². The van der Waals surface area contributed by atoms with Crippen LogP contribution in [-0.2, 0) is 6.54 Å². The Bertz CT molecular complexity index is 592. The van der Waals surface area contributed by atoms with E-state index in [1.54, 1.807) is 0 Å². The van der Waals surface area contributed by atoms with Crippen LogP contribution in [0, 0.1) is 18.8 Å². The number of hydrogen-bond donors (Lipinski definition) is 1. The van der Waals surface area contributed by atoms with Gasteiger partial charge >= 0.3 is 0 Å². The van der Waals surface area contributed by atoms with Crippen LogP contribution < -0.4 is 5.73 Å². The van der Waals surface area contributed by atoms with Gasteiger partial charge in [0.2, 0.25) is 5.95 Å². The maximum absolute atomic E-state index is 6.09. The molecule has 0 aliphatic heterocycles. The van der Waals surface area contributed by atoms with Crippen molar-refractivity contribution in [3.63, 3.8) is 0 Å². The number of aromatic nitrogens is 2. The lowest BCUT2D eigenvalue weighted by Crippen LogP contribution is -2.15. The molecule has 0 bridgehead atoms. The normalized spacial score (nSPS) is 23.3. The third kappa shape index (κ3) is 2.67. The Labute approximate surface area is 121 Å². The van der Waals surface area contributed by atoms with Gasteiger partial charge in [-0.15, -0.1) is 0 Å². The van der Waals surface area contributed by atoms with Crippen molar-refractivity contribution in [1.82, 2.24) is 9.55 Å². The van der Waals surface area contributed by atoms with Crippen molar-refractivity contribution >= 4 is 17.0 Å². The van der Waals surface area contributed by atoms with Crippen LogP contribution in [0.2, 0.25) is 0 Å². The van der Waals surface area contributed by atoms with Crippen molar-refractivity contribution in [3.05, 3.63) is 23.8 Å². The van der Waals surface area contributed by atoms with Gasteiger partial charge in [-0.3, -0.25) is 0 Å². The first-order chi connectivity index (χ1) is 9.63. The Hall–Kier alpha value is -1.51. The number of nitrogens with two attached hydrogens (primary N) is 1. The number of aryl methyl sites for hydroxylation is 2. The molecule has 1 heterocycles. The van der Waals surface area contributed by atoms with Crippen molar-refractivity contribution in [3.8, 4) is 0 Å². The summed E-state index contributed by atoms with van der Waals surface area (Å²) in [4.78, 5) is 4.47. The smallest absolute Gasteiger partial charge is 0.201 e. The highest BCUT2D eigenvalue weighted by Gasteiger charge is 2.18. The van der Waals surface area contributed by atoms with Gasteiger partial charge in [0.15, 0.2) is 0 Å². The van der Waals surface area contributed by atoms with Gasteiger partial charge < -0.3 is 10.3 Å². The Kier molecular flexibility index (Phi) is 3.68. The molecule has 20 heavy (non-hydrogen) atoms. The number of fused-ring (bicyclic) bond motifs is 1. The summed E-state index contributed by atoms with van der Waals surface area (Å²) in [7, 11) is 0. The first kappa shape index (κ1) is 13.5. The molecule has 0 radical (unpaired) electrons. The predicted molar refractivity (Wildman–Crippen MR) is 84.6 cm³/mol. The van der Waals surface area contributed by atoms with E-state index in [0.717, 1.165) is 23.9 Å². The molecule has 2 aromatic rings. The van der Waals surface area contributed by atoms with Crippen LogP contribution in [0.5, 0.6) is 0 Å². The molecule has 3 nitrogen and oxygen atoms in total. The van der Waals surface area contributed by atoms with E-state index in [1.807, 2.05) is 0 Å². The molecule has 1 aromatic carbocycles. The average molecular weight is 271 g/mol. The van der Waals surface area contributed by atoms with Crippen molar-refractivity contribution < 1.29 is 0 Å². The van der Waals surface area contributed by atoms with Crippen molar-refractivity contribution in [2.75, 3.05) is 5.73 Å². The van der Waals surface area contributed by atoms with Gasteiger partial charge in [-0.2, -0.15) is 0 Å². The van der Waals surface area contributed by atoms with Gasteiger partial charge in [-0.1, -0.05) is 38.7 Å². The first-order valence-corrected chi connectivity index (χ1v) is 7.86. The molecule has 0 saturated heterocycles. The van der Waals surface area contributed by atoms with E-state index in [0.29, 0.717) is 5.95 Å². The summed E-state index contributed by atoms with van der Waals surface area (Å²) in [6.45, 7) is 5.50. The number of hydrogen-bond acceptors (Lipinski definition) is 2. The fraction of sp³-hybridized carbons (Fsp3) is 0.588. The molecule has 1 saturated carbocycles. The minimum Gasteiger partial charge on any atom is -0.369 e. The second-order valence-electron chi connectivity index (χ2n) is 6.53. The Morgan fingerprint density at radius 3 is 2.75 bits per heavy atom. The SMILES string of the molecule is Cc1ccc2nc(N)n(CCC3CCC(C)CC3)c2c1. The van der Waals surface area contributed by atoms with E-state index in [1.165, 1.54) is 43.2 Å². The van der Waals surface area contributed by atoms with Crippen LogP contribution in [0.3, 0.4) is 0 Å². The minimum absolute atomic E-state index is 0.662. The Balaban J connectivity index is 1.74. The molecule has 1 aliphatic carbocycles. The molecule has 0 atom stereocenters. The van der Waals surface area contributed by atoms with Gasteiger partial charge in [-0.25, -0.2) is 4.98 Å². The van der Waals surface area contributed by atoms with Crippen LogP contribution in [0.1, 0.15) is 44.6 Å². The Morgan fingerprint density at radius 2 is 2.00 bits per heavy atom. The van der Waals surface area contributed by atoms with Gasteiger partial charge in [0.25, 0.3) is 0 Å². The van der Waals surface area contributed by atoms with Gasteiger partial charge in [0, 0.05) is 6.54 Å². The standard InChI is InChI=1S/C17H25N3/c1-12-3-6-14(7-4-12)9-10-20-16-11-13(2)5-8-15(16)19-17(20)18/h5,8,11-12,14H,3-4,6-7,9-10H2,1-2H3,(H2,18,19). The fourth-order valence-electron chi connectivity index (χ4n) is 3.42. The number of nitrogen functional groups attached to an aromatic ring is 1. The van der Waals surface area contributed by atoms with Crippen LogP contribution in [0.25, 0.3) is 11.0 Å². The number of anilines is 1. The van der Waals surface area contributed by atoms with E-state index < -0.39 is 0 Å². The quantitative estimate of drug-likeness (QED) is 0.911. The van der Waals surface area contributed by atoms with Crippen molar-refractivity contribution in [1.29, 1.82) is 0 Å². The largest absolute Gasteiger partial charge is 0.369 e. The third-order valence-electron chi connectivity index (χ3n) is 4.83. The topological polar surface area (TPSA) is 43.8 Å². The molecule has 0 unspecified atom stereocenters. The number of benzene rings is 1. The maximum Gasteiger partial charge on any atom is 0.201 e. The predicted octanol–water partition coefficient (Wildman–Crippen LogP) is 4.14.